The molecule has 6 atom stereocenters. The number of nitrogens with one attached hydrogen (secondary N) is 2. The molecule has 0 aliphatic carbocycles. The summed E-state index contributed by atoms with van der Waals surface area (Å²) in [6, 6.07) is 4.00. The Morgan fingerprint density at radius 1 is 1.26 bits per heavy atom. The number of aliphatic hydroxyl groups excluding tert-OH is 1. The molecule has 27 heavy (non-hydrogen) atoms. The van der Waals surface area contributed by atoms with Crippen LogP contribution in [0.4, 0.5) is 5.69 Å². The minimum absolute atomic E-state index is 0.273. The van der Waals surface area contributed by atoms with Gasteiger partial charge in [-0.25, -0.2) is 0 Å². The second kappa shape index (κ2) is 6.02. The zero-order valence-electron chi connectivity index (χ0n) is 15.3. The lowest BCUT2D eigenvalue weighted by atomic mass is 9.76. The standard InChI is InChI=1S/C19H22ClN3O4/c1-4-8(2)23-16(25)13-14(17(23)26)19(22-15(13)9(3)24)11-7-10(20)5-6-12(11)21-18(19)27/h5-9,13-15,22,24H,4H2,1-3H3,(H,21,27)/t8-,9+,13-,14-,15-,19-/m0/s1. The van der Waals surface area contributed by atoms with Crippen molar-refractivity contribution in [1.29, 1.82) is 0 Å². The number of amides is 3. The van der Waals surface area contributed by atoms with Crippen molar-refractivity contribution in [3.8, 4) is 0 Å². The SMILES string of the molecule is CC[C@H](C)N1C(=O)[C@@H]2[C@H]([C@@H](C)O)N[C@]3(C(=O)Nc4ccc(Cl)cc43)[C@@H]2C1=O. The lowest BCUT2D eigenvalue weighted by molar-refractivity contribution is -0.145. The molecule has 7 nitrogen and oxygen atoms in total. The van der Waals surface area contributed by atoms with Crippen LogP contribution in [0.5, 0.6) is 0 Å². The molecule has 4 rings (SSSR count). The van der Waals surface area contributed by atoms with E-state index in [0.29, 0.717) is 22.7 Å². The number of likely N-dealkylation sites (tertiary alicyclic amines) is 1. The summed E-state index contributed by atoms with van der Waals surface area (Å²) in [6.45, 7) is 5.27. The number of rotatable bonds is 3. The third-order valence-electron chi connectivity index (χ3n) is 6.20. The Hall–Kier alpha value is -1.96. The maximum absolute atomic E-state index is 13.3. The summed E-state index contributed by atoms with van der Waals surface area (Å²) in [5.41, 5.74) is -0.309. The van der Waals surface area contributed by atoms with Gasteiger partial charge in [0.15, 0.2) is 0 Å². The molecule has 2 fully saturated rings. The number of carbonyl (C=O) groups is 3. The van der Waals surface area contributed by atoms with Gasteiger partial charge in [-0.2, -0.15) is 0 Å². The summed E-state index contributed by atoms with van der Waals surface area (Å²) in [5.74, 6) is -2.83. The van der Waals surface area contributed by atoms with Gasteiger partial charge in [-0.1, -0.05) is 18.5 Å². The van der Waals surface area contributed by atoms with Crippen molar-refractivity contribution in [2.24, 2.45) is 11.8 Å². The van der Waals surface area contributed by atoms with E-state index >= 15 is 0 Å². The lowest BCUT2D eigenvalue weighted by Gasteiger charge is -2.31. The van der Waals surface area contributed by atoms with Gasteiger partial charge in [-0.05, 0) is 38.5 Å². The molecular formula is C19H22ClN3O4. The van der Waals surface area contributed by atoms with Crippen LogP contribution >= 0.6 is 11.6 Å². The summed E-state index contributed by atoms with van der Waals surface area (Å²) in [5, 5.41) is 16.7. The Kier molecular flexibility index (Phi) is 4.10. The van der Waals surface area contributed by atoms with Crippen LogP contribution in [0.1, 0.15) is 32.8 Å². The minimum Gasteiger partial charge on any atom is -0.392 e. The number of imide groups is 1. The molecule has 8 heteroatoms. The second-order valence-corrected chi connectivity index (χ2v) is 8.11. The first kappa shape index (κ1) is 18.4. The fraction of sp³-hybridized carbons (Fsp3) is 0.526. The van der Waals surface area contributed by atoms with Gasteiger partial charge in [0.05, 0.1) is 17.9 Å². The van der Waals surface area contributed by atoms with E-state index in [4.69, 9.17) is 11.6 Å². The molecule has 2 saturated heterocycles. The number of anilines is 1. The number of hydrogen-bond acceptors (Lipinski definition) is 5. The van der Waals surface area contributed by atoms with E-state index < -0.39 is 35.4 Å². The molecule has 3 aliphatic rings. The van der Waals surface area contributed by atoms with Crippen molar-refractivity contribution in [2.45, 2.75) is 50.9 Å². The predicted molar refractivity (Wildman–Crippen MR) is 99.0 cm³/mol. The van der Waals surface area contributed by atoms with Crippen LogP contribution in [0.3, 0.4) is 0 Å². The van der Waals surface area contributed by atoms with Gasteiger partial charge < -0.3 is 10.4 Å². The first-order chi connectivity index (χ1) is 12.7. The predicted octanol–water partition coefficient (Wildman–Crippen LogP) is 1.24. The molecule has 3 amide bonds. The van der Waals surface area contributed by atoms with Crippen LogP contribution in [0.2, 0.25) is 5.02 Å². The fourth-order valence-corrected chi connectivity index (χ4v) is 4.93. The summed E-state index contributed by atoms with van der Waals surface area (Å²) in [6.07, 6.45) is -0.299. The summed E-state index contributed by atoms with van der Waals surface area (Å²) >= 11 is 6.16. The molecule has 0 aromatic heterocycles. The van der Waals surface area contributed by atoms with E-state index in [2.05, 4.69) is 10.6 Å². The molecule has 3 heterocycles. The van der Waals surface area contributed by atoms with E-state index in [1.807, 2.05) is 13.8 Å². The van der Waals surface area contributed by atoms with E-state index in [-0.39, 0.29) is 17.9 Å². The molecular weight excluding hydrogens is 370 g/mol. The number of carbonyl (C=O) groups excluding carboxylic acids is 3. The van der Waals surface area contributed by atoms with E-state index in [9.17, 15) is 19.5 Å². The topological polar surface area (TPSA) is 98.7 Å². The van der Waals surface area contributed by atoms with Crippen molar-refractivity contribution >= 4 is 35.0 Å². The Morgan fingerprint density at radius 3 is 2.59 bits per heavy atom. The van der Waals surface area contributed by atoms with Crippen molar-refractivity contribution in [1.82, 2.24) is 10.2 Å². The molecule has 1 aromatic carbocycles. The molecule has 3 N–H and O–H groups in total. The summed E-state index contributed by atoms with van der Waals surface area (Å²) in [7, 11) is 0. The number of nitrogens with zero attached hydrogens (tertiary/aromatic N) is 1. The Morgan fingerprint density at radius 2 is 1.96 bits per heavy atom. The van der Waals surface area contributed by atoms with Crippen LogP contribution in [0.15, 0.2) is 18.2 Å². The van der Waals surface area contributed by atoms with Crippen molar-refractivity contribution in [2.75, 3.05) is 5.32 Å². The second-order valence-electron chi connectivity index (χ2n) is 7.67. The average molecular weight is 392 g/mol. The quantitative estimate of drug-likeness (QED) is 0.673. The normalized spacial score (nSPS) is 34.0. The van der Waals surface area contributed by atoms with E-state index in [1.165, 1.54) is 4.90 Å². The van der Waals surface area contributed by atoms with Gasteiger partial charge in [-0.3, -0.25) is 24.6 Å². The molecule has 0 unspecified atom stereocenters. The molecule has 0 radical (unpaired) electrons. The number of hydrogen-bond donors (Lipinski definition) is 3. The van der Waals surface area contributed by atoms with Crippen molar-refractivity contribution < 1.29 is 19.5 Å². The largest absolute Gasteiger partial charge is 0.392 e. The Balaban J connectivity index is 1.92. The molecule has 144 valence electrons. The van der Waals surface area contributed by atoms with Crippen LogP contribution in [-0.2, 0) is 19.9 Å². The lowest BCUT2D eigenvalue weighted by Crippen LogP contribution is -2.55. The highest BCUT2D eigenvalue weighted by molar-refractivity contribution is 6.31. The van der Waals surface area contributed by atoms with Gasteiger partial charge in [0.25, 0.3) is 0 Å². The average Bonchev–Trinajstić information content (AvgIpc) is 3.20. The maximum Gasteiger partial charge on any atom is 0.250 e. The minimum atomic E-state index is -1.42. The van der Waals surface area contributed by atoms with E-state index in [1.54, 1.807) is 25.1 Å². The molecule has 0 saturated carbocycles. The van der Waals surface area contributed by atoms with Gasteiger partial charge in [0.1, 0.15) is 5.54 Å². The summed E-state index contributed by atoms with van der Waals surface area (Å²) < 4.78 is 0. The van der Waals surface area contributed by atoms with Gasteiger partial charge in [-0.15, -0.1) is 0 Å². The van der Waals surface area contributed by atoms with Crippen LogP contribution in [0.25, 0.3) is 0 Å². The number of fused-ring (bicyclic) bond motifs is 4. The number of aliphatic hydroxyl groups is 1. The molecule has 1 spiro atoms. The van der Waals surface area contributed by atoms with Gasteiger partial charge in [0, 0.05) is 28.4 Å². The Bertz CT molecular complexity index is 857. The first-order valence-corrected chi connectivity index (χ1v) is 9.56. The highest BCUT2D eigenvalue weighted by Gasteiger charge is 2.71. The highest BCUT2D eigenvalue weighted by Crippen LogP contribution is 2.54. The smallest absolute Gasteiger partial charge is 0.250 e. The third-order valence-corrected chi connectivity index (χ3v) is 6.43. The highest BCUT2D eigenvalue weighted by atomic mass is 35.5. The van der Waals surface area contributed by atoms with Crippen molar-refractivity contribution in [3.63, 3.8) is 0 Å². The zero-order chi connectivity index (χ0) is 19.7. The molecule has 0 bridgehead atoms. The zero-order valence-corrected chi connectivity index (χ0v) is 16.1. The number of benzene rings is 1. The third kappa shape index (κ3) is 2.25. The first-order valence-electron chi connectivity index (χ1n) is 9.18. The monoisotopic (exact) mass is 391 g/mol. The molecule has 3 aliphatic heterocycles. The maximum atomic E-state index is 13.3. The van der Waals surface area contributed by atoms with Gasteiger partial charge >= 0.3 is 0 Å². The van der Waals surface area contributed by atoms with E-state index in [0.717, 1.165) is 0 Å². The van der Waals surface area contributed by atoms with Gasteiger partial charge in [0.2, 0.25) is 17.7 Å². The summed E-state index contributed by atoms with van der Waals surface area (Å²) in [4.78, 5) is 40.8. The van der Waals surface area contributed by atoms with Crippen molar-refractivity contribution in [3.05, 3.63) is 28.8 Å². The van der Waals surface area contributed by atoms with Crippen LogP contribution in [-0.4, -0.2) is 45.9 Å². The van der Waals surface area contributed by atoms with Crippen LogP contribution < -0.4 is 10.6 Å². The fourth-order valence-electron chi connectivity index (χ4n) is 4.76. The van der Waals surface area contributed by atoms with Crippen LogP contribution in [0, 0.1) is 11.8 Å². The number of halogens is 1. The Labute approximate surface area is 162 Å². The molecule has 1 aromatic rings.